The van der Waals surface area contributed by atoms with Crippen molar-refractivity contribution in [1.82, 2.24) is 10.3 Å². The van der Waals surface area contributed by atoms with Gasteiger partial charge in [0.2, 0.25) is 15.9 Å². The number of carbonyl (C=O) groups excluding carboxylic acids is 1. The van der Waals surface area contributed by atoms with E-state index in [2.05, 4.69) is 35.8 Å². The molecule has 6 nitrogen and oxygen atoms in total. The van der Waals surface area contributed by atoms with Crippen molar-refractivity contribution in [1.29, 1.82) is 0 Å². The molecule has 1 heterocycles. The summed E-state index contributed by atoms with van der Waals surface area (Å²) in [6.45, 7) is 8.06. The Hall–Kier alpha value is -2.69. The molecule has 1 unspecified atom stereocenters. The Balaban J connectivity index is 1.76. The standard InChI is InChI=1S/C27H35F4N3O3S/c1-16(18-8-12-22(21(28)14-18)34-38(5,36)37)25(35)32-15-19-9-13-23(27(29,30)31)33-24(19)17-6-10-20(11-7-17)26(2,3)4/h8-9,12-14,16-17,20,34H,6-7,10-11,15H2,1-5H3,(H,32,35). The molecule has 1 aliphatic carbocycles. The number of pyridine rings is 1. The summed E-state index contributed by atoms with van der Waals surface area (Å²) in [4.78, 5) is 16.9. The molecule has 0 spiro atoms. The second-order valence-corrected chi connectivity index (χ2v) is 13.0. The van der Waals surface area contributed by atoms with Gasteiger partial charge in [-0.3, -0.25) is 9.52 Å². The smallest absolute Gasteiger partial charge is 0.351 e. The number of hydrogen-bond acceptors (Lipinski definition) is 4. The first kappa shape index (κ1) is 29.9. The van der Waals surface area contributed by atoms with Gasteiger partial charge in [-0.15, -0.1) is 0 Å². The predicted octanol–water partition coefficient (Wildman–Crippen LogP) is 6.35. The van der Waals surface area contributed by atoms with Crippen LogP contribution < -0.4 is 10.0 Å². The second kappa shape index (κ2) is 11.2. The van der Waals surface area contributed by atoms with Gasteiger partial charge in [0.15, 0.2) is 0 Å². The zero-order valence-electron chi connectivity index (χ0n) is 22.2. The van der Waals surface area contributed by atoms with Gasteiger partial charge in [0, 0.05) is 18.2 Å². The zero-order chi connectivity index (χ0) is 28.5. The Morgan fingerprint density at radius 1 is 1.08 bits per heavy atom. The summed E-state index contributed by atoms with van der Waals surface area (Å²) >= 11 is 0. The van der Waals surface area contributed by atoms with Gasteiger partial charge in [-0.1, -0.05) is 32.9 Å². The van der Waals surface area contributed by atoms with Gasteiger partial charge in [0.1, 0.15) is 11.5 Å². The molecule has 38 heavy (non-hydrogen) atoms. The lowest BCUT2D eigenvalue weighted by molar-refractivity contribution is -0.141. The average molecular weight is 558 g/mol. The van der Waals surface area contributed by atoms with Crippen molar-refractivity contribution >= 4 is 21.6 Å². The van der Waals surface area contributed by atoms with Crippen LogP contribution in [0.5, 0.6) is 0 Å². The Morgan fingerprint density at radius 2 is 1.71 bits per heavy atom. The van der Waals surface area contributed by atoms with E-state index in [1.54, 1.807) is 6.92 Å². The van der Waals surface area contributed by atoms with E-state index in [0.29, 0.717) is 22.7 Å². The van der Waals surface area contributed by atoms with E-state index >= 15 is 0 Å². The molecule has 1 aromatic carbocycles. The lowest BCUT2D eigenvalue weighted by Gasteiger charge is -2.37. The minimum absolute atomic E-state index is 0.0148. The molecular weight excluding hydrogens is 522 g/mol. The number of alkyl halides is 3. The number of aromatic nitrogens is 1. The zero-order valence-corrected chi connectivity index (χ0v) is 23.1. The molecule has 2 aromatic rings. The van der Waals surface area contributed by atoms with E-state index in [0.717, 1.165) is 44.1 Å². The fourth-order valence-corrected chi connectivity index (χ4v) is 5.53. The van der Waals surface area contributed by atoms with Crippen LogP contribution in [-0.2, 0) is 27.5 Å². The number of nitrogens with one attached hydrogen (secondary N) is 2. The van der Waals surface area contributed by atoms with Crippen LogP contribution in [0.25, 0.3) is 0 Å². The average Bonchev–Trinajstić information content (AvgIpc) is 2.81. The number of benzene rings is 1. The molecular formula is C27H35F4N3O3S. The number of carbonyl (C=O) groups is 1. The second-order valence-electron chi connectivity index (χ2n) is 11.2. The van der Waals surface area contributed by atoms with Crippen LogP contribution in [0.4, 0.5) is 23.2 Å². The first-order chi connectivity index (χ1) is 17.5. The Kier molecular flexibility index (Phi) is 8.80. The minimum Gasteiger partial charge on any atom is -0.351 e. The molecule has 210 valence electrons. The van der Waals surface area contributed by atoms with Gasteiger partial charge in [-0.25, -0.2) is 17.8 Å². The highest BCUT2D eigenvalue weighted by Crippen LogP contribution is 2.44. The third-order valence-corrected chi connectivity index (χ3v) is 7.87. The molecule has 1 fully saturated rings. The van der Waals surface area contributed by atoms with Crippen LogP contribution in [0.15, 0.2) is 30.3 Å². The van der Waals surface area contributed by atoms with Gasteiger partial charge in [0.25, 0.3) is 0 Å². The summed E-state index contributed by atoms with van der Waals surface area (Å²) < 4.78 is 79.5. The van der Waals surface area contributed by atoms with E-state index in [-0.39, 0.29) is 23.6 Å². The molecule has 0 saturated heterocycles. The van der Waals surface area contributed by atoms with Crippen LogP contribution in [-0.4, -0.2) is 25.6 Å². The molecule has 1 aromatic heterocycles. The number of amides is 1. The molecule has 0 aliphatic heterocycles. The van der Waals surface area contributed by atoms with Crippen LogP contribution in [0.3, 0.4) is 0 Å². The van der Waals surface area contributed by atoms with Crippen molar-refractivity contribution in [2.24, 2.45) is 11.3 Å². The molecule has 3 rings (SSSR count). The molecule has 1 amide bonds. The van der Waals surface area contributed by atoms with Gasteiger partial charge in [-0.2, -0.15) is 13.2 Å². The van der Waals surface area contributed by atoms with Crippen LogP contribution in [0.2, 0.25) is 0 Å². The fraction of sp³-hybridized carbons (Fsp3) is 0.556. The SMILES string of the molecule is CC(C(=O)NCc1ccc(C(F)(F)F)nc1C1CCC(C(C)(C)C)CC1)c1ccc(NS(C)(=O)=O)c(F)c1. The van der Waals surface area contributed by atoms with Gasteiger partial charge >= 0.3 is 6.18 Å². The number of rotatable bonds is 7. The van der Waals surface area contributed by atoms with Gasteiger partial charge < -0.3 is 5.32 Å². The number of hydrogen-bond donors (Lipinski definition) is 2. The van der Waals surface area contributed by atoms with Gasteiger partial charge in [-0.05, 0) is 73.3 Å². The maximum absolute atomic E-state index is 14.4. The Morgan fingerprint density at radius 3 is 2.24 bits per heavy atom. The molecule has 1 aliphatic rings. The number of anilines is 1. The van der Waals surface area contributed by atoms with Crippen molar-refractivity contribution in [3.8, 4) is 0 Å². The molecule has 11 heteroatoms. The summed E-state index contributed by atoms with van der Waals surface area (Å²) in [5, 5.41) is 2.75. The number of nitrogens with zero attached hydrogens (tertiary/aromatic N) is 1. The molecule has 1 atom stereocenters. The summed E-state index contributed by atoms with van der Waals surface area (Å²) in [5.41, 5.74) is 0.152. The highest BCUT2D eigenvalue weighted by atomic mass is 32.2. The highest BCUT2D eigenvalue weighted by molar-refractivity contribution is 7.92. The van der Waals surface area contributed by atoms with Crippen molar-refractivity contribution in [2.75, 3.05) is 11.0 Å². The van der Waals surface area contributed by atoms with E-state index in [9.17, 15) is 30.8 Å². The van der Waals surface area contributed by atoms with Crippen LogP contribution >= 0.6 is 0 Å². The monoisotopic (exact) mass is 557 g/mol. The summed E-state index contributed by atoms with van der Waals surface area (Å²) in [6, 6.07) is 6.06. The first-order valence-corrected chi connectivity index (χ1v) is 14.5. The van der Waals surface area contributed by atoms with Crippen molar-refractivity contribution in [3.63, 3.8) is 0 Å². The first-order valence-electron chi connectivity index (χ1n) is 12.6. The van der Waals surface area contributed by atoms with E-state index < -0.39 is 39.5 Å². The maximum Gasteiger partial charge on any atom is 0.433 e. The quantitative estimate of drug-likeness (QED) is 0.388. The normalized spacial score (nSPS) is 19.6. The van der Waals surface area contributed by atoms with Crippen LogP contribution in [0, 0.1) is 17.2 Å². The van der Waals surface area contributed by atoms with E-state index in [1.807, 2.05) is 0 Å². The largest absolute Gasteiger partial charge is 0.433 e. The maximum atomic E-state index is 14.4. The summed E-state index contributed by atoms with van der Waals surface area (Å²) in [7, 11) is -3.67. The fourth-order valence-electron chi connectivity index (χ4n) is 4.97. The summed E-state index contributed by atoms with van der Waals surface area (Å²) in [5.74, 6) is -1.72. The molecule has 0 bridgehead atoms. The third kappa shape index (κ3) is 7.68. The lowest BCUT2D eigenvalue weighted by atomic mass is 9.69. The molecule has 1 saturated carbocycles. The molecule has 2 N–H and O–H groups in total. The van der Waals surface area contributed by atoms with E-state index in [1.165, 1.54) is 18.2 Å². The van der Waals surface area contributed by atoms with Gasteiger partial charge in [0.05, 0.1) is 17.9 Å². The lowest BCUT2D eigenvalue weighted by Crippen LogP contribution is -2.29. The topological polar surface area (TPSA) is 88.2 Å². The number of sulfonamides is 1. The highest BCUT2D eigenvalue weighted by Gasteiger charge is 2.36. The minimum atomic E-state index is -4.57. The van der Waals surface area contributed by atoms with E-state index in [4.69, 9.17) is 0 Å². The van der Waals surface area contributed by atoms with Crippen molar-refractivity contribution in [3.05, 3.63) is 58.7 Å². The molecule has 0 radical (unpaired) electrons. The third-order valence-electron chi connectivity index (χ3n) is 7.28. The Labute approximate surface area is 221 Å². The summed E-state index contributed by atoms with van der Waals surface area (Å²) in [6.07, 6.45) is -0.441. The van der Waals surface area contributed by atoms with Crippen LogP contribution in [0.1, 0.15) is 87.7 Å². The Bertz CT molecular complexity index is 1270. The van der Waals surface area contributed by atoms with Crippen molar-refractivity contribution < 1.29 is 30.8 Å². The number of halogens is 4. The van der Waals surface area contributed by atoms with Crippen molar-refractivity contribution in [2.45, 2.75) is 77.9 Å². The predicted molar refractivity (Wildman–Crippen MR) is 139 cm³/mol.